The number of ether oxygens (including phenoxy) is 1. The highest BCUT2D eigenvalue weighted by Gasteiger charge is 2.45. The lowest BCUT2D eigenvalue weighted by atomic mass is 9.88. The lowest BCUT2D eigenvalue weighted by Gasteiger charge is -2.40. The van der Waals surface area contributed by atoms with E-state index in [9.17, 15) is 20.4 Å². The Bertz CT molecular complexity index is 476. The molecule has 0 amide bonds. The van der Waals surface area contributed by atoms with E-state index in [-0.39, 0.29) is 6.10 Å². The molecule has 5 heteroatoms. The Morgan fingerprint density at radius 2 is 1.74 bits per heavy atom. The van der Waals surface area contributed by atoms with Gasteiger partial charge in [-0.3, -0.25) is 0 Å². The molecule has 1 aliphatic rings. The first-order chi connectivity index (χ1) is 11.1. The number of aliphatic hydroxyl groups is 4. The molecule has 23 heavy (non-hydrogen) atoms. The van der Waals surface area contributed by atoms with Gasteiger partial charge in [-0.1, -0.05) is 50.5 Å². The van der Waals surface area contributed by atoms with Gasteiger partial charge in [-0.25, -0.2) is 0 Å². The van der Waals surface area contributed by atoms with Crippen molar-refractivity contribution in [3.8, 4) is 0 Å². The molecule has 129 valence electrons. The average Bonchev–Trinajstić information content (AvgIpc) is 2.58. The summed E-state index contributed by atoms with van der Waals surface area (Å²) in [4.78, 5) is 0. The van der Waals surface area contributed by atoms with E-state index in [0.717, 1.165) is 30.4 Å². The minimum atomic E-state index is -1.37. The third-order valence-corrected chi connectivity index (χ3v) is 4.36. The molecule has 0 spiro atoms. The lowest BCUT2D eigenvalue weighted by Crippen LogP contribution is -2.55. The number of aryl methyl sites for hydroxylation is 1. The molecule has 4 atom stereocenters. The van der Waals surface area contributed by atoms with Gasteiger partial charge >= 0.3 is 0 Å². The molecule has 1 fully saturated rings. The van der Waals surface area contributed by atoms with Gasteiger partial charge in [0.2, 0.25) is 0 Å². The maximum Gasteiger partial charge on any atom is 0.158 e. The zero-order valence-corrected chi connectivity index (χ0v) is 13.6. The van der Waals surface area contributed by atoms with E-state index in [0.29, 0.717) is 0 Å². The van der Waals surface area contributed by atoms with Crippen LogP contribution in [-0.4, -0.2) is 51.4 Å². The van der Waals surface area contributed by atoms with Crippen LogP contribution < -0.4 is 0 Å². The summed E-state index contributed by atoms with van der Waals surface area (Å²) in [7, 11) is 0. The Kier molecular flexibility index (Phi) is 6.99. The van der Waals surface area contributed by atoms with E-state index in [4.69, 9.17) is 4.74 Å². The lowest BCUT2D eigenvalue weighted by molar-refractivity contribution is -0.184. The maximum atomic E-state index is 10.3. The number of unbranched alkanes of at least 4 members (excludes halogenated alkanes) is 3. The average molecular weight is 323 g/mol. The van der Waals surface area contributed by atoms with E-state index < -0.39 is 31.0 Å². The Morgan fingerprint density at radius 1 is 1.00 bits per heavy atom. The summed E-state index contributed by atoms with van der Waals surface area (Å²) in [6, 6.07) is 7.60. The fourth-order valence-corrected chi connectivity index (χ4v) is 2.95. The fraction of sp³-hybridized carbons (Fsp3) is 0.611. The second-order valence-corrected chi connectivity index (χ2v) is 6.10. The predicted octanol–water partition coefficient (Wildman–Crippen LogP) is 1.16. The van der Waals surface area contributed by atoms with Crippen molar-refractivity contribution in [1.29, 1.82) is 0 Å². The first kappa shape index (κ1) is 18.4. The maximum absolute atomic E-state index is 10.3. The van der Waals surface area contributed by atoms with Crippen molar-refractivity contribution in [2.24, 2.45) is 0 Å². The Morgan fingerprint density at radius 3 is 2.43 bits per heavy atom. The molecule has 0 aliphatic carbocycles. The van der Waals surface area contributed by atoms with Gasteiger partial charge in [0.15, 0.2) is 6.10 Å². The first-order valence-electron chi connectivity index (χ1n) is 8.37. The molecule has 1 aromatic carbocycles. The molecule has 0 aromatic heterocycles. The zero-order chi connectivity index (χ0) is 16.8. The summed E-state index contributed by atoms with van der Waals surface area (Å²) in [5.74, 6) is 0. The standard InChI is InChI=1S/C18H27O5/c1-2-3-4-5-8-12-9-6-7-10-13(12)18-17(22)16(21)15(20)14(11-19)23-18/h6-7,9-10,14-17,19-22H,2-5,8,11H2,1H3/t14-,15-,16+,17+/m1/s1. The number of hydrogen-bond acceptors (Lipinski definition) is 5. The largest absolute Gasteiger partial charge is 0.394 e. The molecule has 1 aromatic rings. The quantitative estimate of drug-likeness (QED) is 0.566. The van der Waals surface area contributed by atoms with Crippen LogP contribution in [0.25, 0.3) is 0 Å². The second kappa shape index (κ2) is 8.76. The molecule has 1 aliphatic heterocycles. The Hall–Kier alpha value is -0.980. The van der Waals surface area contributed by atoms with Crippen LogP contribution in [0.1, 0.15) is 43.7 Å². The van der Waals surface area contributed by atoms with E-state index >= 15 is 0 Å². The molecule has 0 saturated carbocycles. The zero-order valence-electron chi connectivity index (χ0n) is 13.6. The molecule has 1 radical (unpaired) electrons. The molecule has 2 rings (SSSR count). The topological polar surface area (TPSA) is 90.2 Å². The van der Waals surface area contributed by atoms with Crippen LogP contribution in [0.3, 0.4) is 0 Å². The third-order valence-electron chi connectivity index (χ3n) is 4.36. The van der Waals surface area contributed by atoms with Crippen molar-refractivity contribution in [3.63, 3.8) is 0 Å². The highest BCUT2D eigenvalue weighted by molar-refractivity contribution is 5.39. The Balaban J connectivity index is 2.16. The van der Waals surface area contributed by atoms with E-state index in [2.05, 4.69) is 6.92 Å². The number of aliphatic hydroxyl groups excluding tert-OH is 4. The van der Waals surface area contributed by atoms with E-state index in [1.54, 1.807) is 0 Å². The van der Waals surface area contributed by atoms with Gasteiger partial charge in [-0.05, 0) is 24.0 Å². The van der Waals surface area contributed by atoms with Crippen LogP contribution in [0.2, 0.25) is 0 Å². The molecule has 0 bridgehead atoms. The number of hydrogen-bond donors (Lipinski definition) is 4. The van der Waals surface area contributed by atoms with Crippen LogP contribution in [0.4, 0.5) is 0 Å². The summed E-state index contributed by atoms with van der Waals surface area (Å²) in [5.41, 5.74) is 1.78. The van der Waals surface area contributed by atoms with Crippen molar-refractivity contribution < 1.29 is 25.2 Å². The normalized spacial score (nSPS) is 28.9. The Labute approximate surface area is 137 Å². The van der Waals surface area contributed by atoms with Crippen LogP contribution >= 0.6 is 0 Å². The van der Waals surface area contributed by atoms with Gasteiger partial charge in [-0.2, -0.15) is 0 Å². The predicted molar refractivity (Wildman–Crippen MR) is 86.6 cm³/mol. The minimum absolute atomic E-state index is 0.230. The van der Waals surface area contributed by atoms with Gasteiger partial charge in [0, 0.05) is 0 Å². The summed E-state index contributed by atoms with van der Waals surface area (Å²) in [5, 5.41) is 39.4. The molecule has 0 unspecified atom stereocenters. The number of rotatable bonds is 7. The van der Waals surface area contributed by atoms with Crippen molar-refractivity contribution in [2.75, 3.05) is 6.61 Å². The molecule has 5 nitrogen and oxygen atoms in total. The minimum Gasteiger partial charge on any atom is -0.394 e. The van der Waals surface area contributed by atoms with Crippen LogP contribution in [0.5, 0.6) is 0 Å². The summed E-state index contributed by atoms with van der Waals surface area (Å²) in [6.07, 6.45) is 0.720. The van der Waals surface area contributed by atoms with Gasteiger partial charge in [0.1, 0.15) is 24.4 Å². The highest BCUT2D eigenvalue weighted by atomic mass is 16.5. The monoisotopic (exact) mass is 323 g/mol. The van der Waals surface area contributed by atoms with Crippen LogP contribution in [0, 0.1) is 6.10 Å². The smallest absolute Gasteiger partial charge is 0.158 e. The fourth-order valence-electron chi connectivity index (χ4n) is 2.95. The summed E-state index contributed by atoms with van der Waals surface area (Å²) in [6.45, 7) is 1.74. The molecule has 4 N–H and O–H groups in total. The highest BCUT2D eigenvalue weighted by Crippen LogP contribution is 2.33. The molecular formula is C18H27O5. The van der Waals surface area contributed by atoms with Crippen molar-refractivity contribution in [1.82, 2.24) is 0 Å². The second-order valence-electron chi connectivity index (χ2n) is 6.10. The van der Waals surface area contributed by atoms with Crippen LogP contribution in [0.15, 0.2) is 24.3 Å². The van der Waals surface area contributed by atoms with Gasteiger partial charge in [0.05, 0.1) is 6.61 Å². The van der Waals surface area contributed by atoms with Crippen molar-refractivity contribution in [2.45, 2.75) is 63.4 Å². The van der Waals surface area contributed by atoms with Gasteiger partial charge in [0.25, 0.3) is 0 Å². The van der Waals surface area contributed by atoms with Crippen molar-refractivity contribution >= 4 is 0 Å². The van der Waals surface area contributed by atoms with E-state index in [1.165, 1.54) is 12.8 Å². The summed E-state index contributed by atoms with van der Waals surface area (Å²) >= 11 is 0. The molecule has 1 heterocycles. The van der Waals surface area contributed by atoms with E-state index in [1.807, 2.05) is 24.3 Å². The third kappa shape index (κ3) is 4.31. The first-order valence-corrected chi connectivity index (χ1v) is 8.37. The molecule has 1 saturated heterocycles. The SMILES string of the molecule is CCCCCCc1ccccc1[C]1O[C@H](CO)[C@@H](O)[C@H](O)[C@@H]1O. The number of benzene rings is 1. The van der Waals surface area contributed by atoms with Gasteiger partial charge in [-0.15, -0.1) is 0 Å². The van der Waals surface area contributed by atoms with Crippen LogP contribution in [-0.2, 0) is 11.2 Å². The van der Waals surface area contributed by atoms with Crippen molar-refractivity contribution in [3.05, 3.63) is 41.5 Å². The van der Waals surface area contributed by atoms with Gasteiger partial charge < -0.3 is 25.2 Å². The summed E-state index contributed by atoms with van der Waals surface area (Å²) < 4.78 is 5.59. The molecular weight excluding hydrogens is 296 g/mol.